The highest BCUT2D eigenvalue weighted by atomic mass is 32.2. The summed E-state index contributed by atoms with van der Waals surface area (Å²) in [4.78, 5) is 0.283. The molecule has 1 saturated heterocycles. The number of ether oxygens (including phenoxy) is 2. The zero-order valence-corrected chi connectivity index (χ0v) is 16.9. The third kappa shape index (κ3) is 5.09. The van der Waals surface area contributed by atoms with Crippen LogP contribution in [0.25, 0.3) is 0 Å². The van der Waals surface area contributed by atoms with E-state index < -0.39 is 10.0 Å². The predicted molar refractivity (Wildman–Crippen MR) is 105 cm³/mol. The Hall–Kier alpha value is -1.89. The first-order chi connectivity index (χ1) is 12.8. The van der Waals surface area contributed by atoms with Crippen LogP contribution in [0.15, 0.2) is 59.5 Å². The van der Waals surface area contributed by atoms with Crippen LogP contribution in [0.2, 0.25) is 0 Å². The predicted octanol–water partition coefficient (Wildman–Crippen LogP) is 3.49. The van der Waals surface area contributed by atoms with Crippen molar-refractivity contribution in [3.05, 3.63) is 60.2 Å². The molecule has 27 heavy (non-hydrogen) atoms. The molecule has 0 aliphatic carbocycles. The Balaban J connectivity index is 1.74. The Morgan fingerprint density at radius 2 is 1.74 bits per heavy atom. The summed E-state index contributed by atoms with van der Waals surface area (Å²) in [5, 5.41) is 0. The molecule has 1 heterocycles. The molecule has 5 nitrogen and oxygen atoms in total. The van der Waals surface area contributed by atoms with Gasteiger partial charge in [0.2, 0.25) is 10.0 Å². The lowest BCUT2D eigenvalue weighted by atomic mass is 10.1. The van der Waals surface area contributed by atoms with Gasteiger partial charge in [-0.1, -0.05) is 30.3 Å². The van der Waals surface area contributed by atoms with Crippen molar-refractivity contribution < 1.29 is 17.9 Å². The molecule has 6 heteroatoms. The van der Waals surface area contributed by atoms with Crippen molar-refractivity contribution in [2.75, 3.05) is 13.1 Å². The number of rotatable bonds is 6. The van der Waals surface area contributed by atoms with E-state index in [-0.39, 0.29) is 23.2 Å². The average molecular weight is 390 g/mol. The molecule has 3 rings (SSSR count). The molecule has 0 spiro atoms. The Bertz CT molecular complexity index is 834. The molecule has 0 bridgehead atoms. The average Bonchev–Trinajstić information content (AvgIpc) is 2.62. The van der Waals surface area contributed by atoms with Crippen LogP contribution in [0.5, 0.6) is 5.75 Å². The fourth-order valence-electron chi connectivity index (χ4n) is 3.30. The van der Waals surface area contributed by atoms with Gasteiger partial charge in [-0.2, -0.15) is 4.31 Å². The molecule has 2 aromatic carbocycles. The summed E-state index contributed by atoms with van der Waals surface area (Å²) in [6.07, 6.45) is 0.435. The van der Waals surface area contributed by atoms with Gasteiger partial charge < -0.3 is 9.47 Å². The minimum Gasteiger partial charge on any atom is -0.491 e. The Morgan fingerprint density at radius 3 is 2.37 bits per heavy atom. The topological polar surface area (TPSA) is 55.8 Å². The van der Waals surface area contributed by atoms with Crippen molar-refractivity contribution in [2.24, 2.45) is 0 Å². The number of sulfonamides is 1. The van der Waals surface area contributed by atoms with Crippen LogP contribution in [-0.4, -0.2) is 44.1 Å². The summed E-state index contributed by atoms with van der Waals surface area (Å²) < 4.78 is 39.3. The summed E-state index contributed by atoms with van der Waals surface area (Å²) in [6.45, 7) is 6.50. The van der Waals surface area contributed by atoms with Crippen LogP contribution >= 0.6 is 0 Å². The second kappa shape index (κ2) is 8.42. The lowest BCUT2D eigenvalue weighted by Gasteiger charge is -2.36. The van der Waals surface area contributed by atoms with E-state index in [1.54, 1.807) is 24.3 Å². The van der Waals surface area contributed by atoms with Crippen LogP contribution in [0.4, 0.5) is 0 Å². The van der Waals surface area contributed by atoms with E-state index in [4.69, 9.17) is 9.47 Å². The molecule has 2 atom stereocenters. The van der Waals surface area contributed by atoms with E-state index in [1.807, 2.05) is 51.1 Å². The molecule has 0 aromatic heterocycles. The Labute approximate surface area is 162 Å². The highest BCUT2D eigenvalue weighted by molar-refractivity contribution is 7.89. The van der Waals surface area contributed by atoms with Gasteiger partial charge >= 0.3 is 0 Å². The summed E-state index contributed by atoms with van der Waals surface area (Å²) in [5.41, 5.74) is 1.14. The van der Waals surface area contributed by atoms with Crippen LogP contribution < -0.4 is 4.74 Å². The molecule has 146 valence electrons. The summed E-state index contributed by atoms with van der Waals surface area (Å²) in [6, 6.07) is 16.6. The van der Waals surface area contributed by atoms with Gasteiger partial charge in [-0.15, -0.1) is 0 Å². The fourth-order valence-corrected chi connectivity index (χ4v) is 4.85. The first-order valence-corrected chi connectivity index (χ1v) is 10.7. The molecule has 0 radical (unpaired) electrons. The van der Waals surface area contributed by atoms with Gasteiger partial charge in [0, 0.05) is 13.1 Å². The van der Waals surface area contributed by atoms with Gasteiger partial charge in [-0.3, -0.25) is 0 Å². The number of hydrogen-bond donors (Lipinski definition) is 0. The fraction of sp³-hybridized carbons (Fsp3) is 0.429. The Kier molecular flexibility index (Phi) is 6.19. The van der Waals surface area contributed by atoms with Crippen molar-refractivity contribution in [3.63, 3.8) is 0 Å². The zero-order valence-electron chi connectivity index (χ0n) is 16.0. The van der Waals surface area contributed by atoms with Crippen LogP contribution in [0, 0.1) is 0 Å². The van der Waals surface area contributed by atoms with E-state index in [0.717, 1.165) is 5.56 Å². The summed E-state index contributed by atoms with van der Waals surface area (Å²) in [5.74, 6) is 0.668. The number of hydrogen-bond acceptors (Lipinski definition) is 4. The van der Waals surface area contributed by atoms with Gasteiger partial charge in [-0.05, 0) is 57.0 Å². The highest BCUT2D eigenvalue weighted by Gasteiger charge is 2.33. The minimum absolute atomic E-state index is 0.0475. The monoisotopic (exact) mass is 389 g/mol. The van der Waals surface area contributed by atoms with Crippen molar-refractivity contribution in [1.29, 1.82) is 0 Å². The van der Waals surface area contributed by atoms with Gasteiger partial charge in [0.05, 0.1) is 23.2 Å². The zero-order chi connectivity index (χ0) is 19.4. The van der Waals surface area contributed by atoms with Crippen LogP contribution in [-0.2, 0) is 21.2 Å². The van der Waals surface area contributed by atoms with Crippen molar-refractivity contribution >= 4 is 10.0 Å². The first kappa shape index (κ1) is 19.9. The van der Waals surface area contributed by atoms with Gasteiger partial charge in [0.15, 0.2) is 0 Å². The second-order valence-electron chi connectivity index (χ2n) is 7.22. The maximum absolute atomic E-state index is 13.1. The third-order valence-corrected chi connectivity index (χ3v) is 6.28. The molecule has 1 aliphatic rings. The maximum atomic E-state index is 13.1. The van der Waals surface area contributed by atoms with E-state index in [2.05, 4.69) is 0 Å². The molecule has 2 aromatic rings. The van der Waals surface area contributed by atoms with E-state index in [1.165, 1.54) is 4.31 Å². The largest absolute Gasteiger partial charge is 0.491 e. The van der Waals surface area contributed by atoms with Gasteiger partial charge in [0.1, 0.15) is 5.75 Å². The van der Waals surface area contributed by atoms with Crippen molar-refractivity contribution in [2.45, 2.75) is 50.4 Å². The van der Waals surface area contributed by atoms with E-state index in [9.17, 15) is 8.42 Å². The highest BCUT2D eigenvalue weighted by Crippen LogP contribution is 2.24. The standard InChI is InChI=1S/C21H27NO4S/c1-16(2)25-19-9-11-21(12-10-19)27(23,24)22-14-17(3)26-20(15-22)13-18-7-5-4-6-8-18/h4-12,16-17,20H,13-15H2,1-3H3. The van der Waals surface area contributed by atoms with E-state index in [0.29, 0.717) is 25.3 Å². The summed E-state index contributed by atoms with van der Waals surface area (Å²) >= 11 is 0. The Morgan fingerprint density at radius 1 is 1.07 bits per heavy atom. The van der Waals surface area contributed by atoms with Gasteiger partial charge in [0.25, 0.3) is 0 Å². The van der Waals surface area contributed by atoms with Crippen molar-refractivity contribution in [1.82, 2.24) is 4.31 Å². The normalized spacial score (nSPS) is 21.3. The van der Waals surface area contributed by atoms with E-state index >= 15 is 0 Å². The second-order valence-corrected chi connectivity index (χ2v) is 9.16. The maximum Gasteiger partial charge on any atom is 0.243 e. The molecule has 1 aliphatic heterocycles. The van der Waals surface area contributed by atoms with Crippen LogP contribution in [0.3, 0.4) is 0 Å². The quantitative estimate of drug-likeness (QED) is 0.759. The van der Waals surface area contributed by atoms with Crippen molar-refractivity contribution in [3.8, 4) is 5.75 Å². The molecular formula is C21H27NO4S. The molecule has 1 fully saturated rings. The lowest BCUT2D eigenvalue weighted by Crippen LogP contribution is -2.49. The summed E-state index contributed by atoms with van der Waals surface area (Å²) in [7, 11) is -3.57. The molecule has 0 amide bonds. The smallest absolute Gasteiger partial charge is 0.243 e. The SMILES string of the molecule is CC(C)Oc1ccc(S(=O)(=O)N2CC(C)OC(Cc3ccccc3)C2)cc1. The number of morpholine rings is 1. The molecular weight excluding hydrogens is 362 g/mol. The third-order valence-electron chi connectivity index (χ3n) is 4.43. The van der Waals surface area contributed by atoms with Crippen LogP contribution in [0.1, 0.15) is 26.3 Å². The minimum atomic E-state index is -3.57. The first-order valence-electron chi connectivity index (χ1n) is 9.31. The number of benzene rings is 2. The molecule has 0 saturated carbocycles. The molecule has 2 unspecified atom stereocenters. The molecule has 0 N–H and O–H groups in total. The number of nitrogens with zero attached hydrogens (tertiary/aromatic N) is 1. The lowest BCUT2D eigenvalue weighted by molar-refractivity contribution is -0.0529. The van der Waals surface area contributed by atoms with Gasteiger partial charge in [-0.25, -0.2) is 8.42 Å².